The second-order valence-electron chi connectivity index (χ2n) is 5.31. The molecule has 0 saturated heterocycles. The van der Waals surface area contributed by atoms with Crippen molar-refractivity contribution in [3.05, 3.63) is 58.4 Å². The van der Waals surface area contributed by atoms with Crippen LogP contribution in [0.1, 0.15) is 25.0 Å². The summed E-state index contributed by atoms with van der Waals surface area (Å²) in [5.41, 5.74) is 3.95. The number of aryl methyl sites for hydroxylation is 1. The van der Waals surface area contributed by atoms with Crippen LogP contribution >= 0.6 is 11.6 Å². The van der Waals surface area contributed by atoms with Gasteiger partial charge < -0.3 is 5.32 Å². The molecule has 0 saturated carbocycles. The lowest BCUT2D eigenvalue weighted by molar-refractivity contribution is 0.589. The fourth-order valence-electron chi connectivity index (χ4n) is 2.14. The molecule has 20 heavy (non-hydrogen) atoms. The molecular weight excluding hydrogens is 273 g/mol. The maximum absolute atomic E-state index is 13.2. The highest BCUT2D eigenvalue weighted by atomic mass is 35.5. The fraction of sp³-hybridized carbons (Fsp3) is 0.294. The van der Waals surface area contributed by atoms with Crippen LogP contribution < -0.4 is 5.32 Å². The van der Waals surface area contributed by atoms with E-state index in [0.717, 1.165) is 28.8 Å². The highest BCUT2D eigenvalue weighted by molar-refractivity contribution is 6.33. The number of hydrogen-bond acceptors (Lipinski definition) is 1. The summed E-state index contributed by atoms with van der Waals surface area (Å²) in [6.07, 6.45) is 0. The summed E-state index contributed by atoms with van der Waals surface area (Å²) in [7, 11) is 0. The number of hydrogen-bond donors (Lipinski definition) is 1. The van der Waals surface area contributed by atoms with Crippen LogP contribution in [0.15, 0.2) is 36.4 Å². The molecule has 0 fully saturated rings. The third-order valence-corrected chi connectivity index (χ3v) is 3.54. The van der Waals surface area contributed by atoms with Gasteiger partial charge in [-0.2, -0.15) is 0 Å². The molecule has 2 aromatic carbocycles. The van der Waals surface area contributed by atoms with E-state index in [1.165, 1.54) is 12.1 Å². The summed E-state index contributed by atoms with van der Waals surface area (Å²) in [6, 6.07) is 11.2. The van der Waals surface area contributed by atoms with Crippen LogP contribution in [0.25, 0.3) is 11.1 Å². The quantitative estimate of drug-likeness (QED) is 0.840. The third-order valence-electron chi connectivity index (χ3n) is 3.23. The lowest BCUT2D eigenvalue weighted by atomic mass is 9.99. The maximum Gasteiger partial charge on any atom is 0.123 e. The predicted octanol–water partition coefficient (Wildman–Crippen LogP) is 4.95. The van der Waals surface area contributed by atoms with Gasteiger partial charge in [-0.1, -0.05) is 43.6 Å². The van der Waals surface area contributed by atoms with Gasteiger partial charge in [0, 0.05) is 23.2 Å². The van der Waals surface area contributed by atoms with Gasteiger partial charge in [0.05, 0.1) is 0 Å². The Morgan fingerprint density at radius 1 is 1.10 bits per heavy atom. The van der Waals surface area contributed by atoms with Gasteiger partial charge in [0.15, 0.2) is 0 Å². The predicted molar refractivity (Wildman–Crippen MR) is 83.6 cm³/mol. The molecule has 1 nitrogen and oxygen atoms in total. The van der Waals surface area contributed by atoms with Crippen molar-refractivity contribution in [2.75, 3.05) is 0 Å². The molecule has 0 spiro atoms. The Morgan fingerprint density at radius 2 is 1.80 bits per heavy atom. The highest BCUT2D eigenvalue weighted by Crippen LogP contribution is 2.31. The van der Waals surface area contributed by atoms with Crippen LogP contribution in [0.2, 0.25) is 5.02 Å². The first-order valence-electron chi connectivity index (χ1n) is 6.75. The van der Waals surface area contributed by atoms with Crippen molar-refractivity contribution in [2.45, 2.75) is 33.4 Å². The molecule has 0 unspecified atom stereocenters. The monoisotopic (exact) mass is 291 g/mol. The Hall–Kier alpha value is -1.38. The van der Waals surface area contributed by atoms with E-state index in [1.807, 2.05) is 19.1 Å². The summed E-state index contributed by atoms with van der Waals surface area (Å²) in [4.78, 5) is 0. The molecule has 0 atom stereocenters. The Bertz CT molecular complexity index is 608. The molecule has 106 valence electrons. The third kappa shape index (κ3) is 3.59. The van der Waals surface area contributed by atoms with Gasteiger partial charge in [-0.15, -0.1) is 0 Å². The number of rotatable bonds is 4. The van der Waals surface area contributed by atoms with E-state index < -0.39 is 0 Å². The van der Waals surface area contributed by atoms with Crippen molar-refractivity contribution >= 4 is 11.6 Å². The van der Waals surface area contributed by atoms with Gasteiger partial charge >= 0.3 is 0 Å². The maximum atomic E-state index is 13.2. The van der Waals surface area contributed by atoms with E-state index in [1.54, 1.807) is 6.07 Å². The van der Waals surface area contributed by atoms with Crippen LogP contribution in [0, 0.1) is 12.7 Å². The molecule has 0 aliphatic heterocycles. The summed E-state index contributed by atoms with van der Waals surface area (Å²) < 4.78 is 13.2. The minimum atomic E-state index is -0.222. The molecule has 2 aromatic rings. The Balaban J connectivity index is 2.29. The van der Waals surface area contributed by atoms with Crippen LogP contribution in [-0.4, -0.2) is 6.04 Å². The largest absolute Gasteiger partial charge is 0.310 e. The van der Waals surface area contributed by atoms with Gasteiger partial charge in [0.25, 0.3) is 0 Å². The van der Waals surface area contributed by atoms with Crippen LogP contribution in [0.5, 0.6) is 0 Å². The normalized spacial score (nSPS) is 11.1. The SMILES string of the molecule is Cc1cc(F)ccc1-c1ccc(CNC(C)C)cc1Cl. The summed E-state index contributed by atoms with van der Waals surface area (Å²) in [6.45, 7) is 6.90. The Kier molecular flexibility index (Phi) is 4.79. The minimum Gasteiger partial charge on any atom is -0.310 e. The van der Waals surface area contributed by atoms with E-state index in [9.17, 15) is 4.39 Å². The summed E-state index contributed by atoms with van der Waals surface area (Å²) in [5.74, 6) is -0.222. The molecule has 0 amide bonds. The van der Waals surface area contributed by atoms with Crippen LogP contribution in [0.3, 0.4) is 0 Å². The summed E-state index contributed by atoms with van der Waals surface area (Å²) >= 11 is 6.37. The average molecular weight is 292 g/mol. The van der Waals surface area contributed by atoms with Crippen molar-refractivity contribution in [1.29, 1.82) is 0 Å². The standard InChI is InChI=1S/C17H19ClFN/c1-11(2)20-10-13-4-6-16(17(18)9-13)15-7-5-14(19)8-12(15)3/h4-9,11,20H,10H2,1-3H3. The van der Waals surface area contributed by atoms with Gasteiger partial charge in [-0.3, -0.25) is 0 Å². The number of nitrogens with one attached hydrogen (secondary N) is 1. The zero-order valence-electron chi connectivity index (χ0n) is 12.0. The van der Waals surface area contributed by atoms with E-state index >= 15 is 0 Å². The first-order chi connectivity index (χ1) is 9.47. The Morgan fingerprint density at radius 3 is 2.40 bits per heavy atom. The highest BCUT2D eigenvalue weighted by Gasteiger charge is 2.08. The first-order valence-corrected chi connectivity index (χ1v) is 7.13. The molecule has 0 radical (unpaired) electrons. The second kappa shape index (κ2) is 6.38. The Labute approximate surface area is 124 Å². The van der Waals surface area contributed by atoms with Crippen molar-refractivity contribution in [3.63, 3.8) is 0 Å². The van der Waals surface area contributed by atoms with Crippen LogP contribution in [0.4, 0.5) is 4.39 Å². The van der Waals surface area contributed by atoms with Crippen molar-refractivity contribution in [1.82, 2.24) is 5.32 Å². The zero-order valence-corrected chi connectivity index (χ0v) is 12.8. The summed E-state index contributed by atoms with van der Waals surface area (Å²) in [5, 5.41) is 4.06. The molecule has 0 heterocycles. The van der Waals surface area contributed by atoms with E-state index in [-0.39, 0.29) is 5.82 Å². The number of halogens is 2. The van der Waals surface area contributed by atoms with Crippen LogP contribution in [-0.2, 0) is 6.54 Å². The molecule has 0 aliphatic rings. The van der Waals surface area contributed by atoms with Gasteiger partial charge in [-0.25, -0.2) is 4.39 Å². The second-order valence-corrected chi connectivity index (χ2v) is 5.72. The number of benzene rings is 2. The average Bonchev–Trinajstić information content (AvgIpc) is 2.37. The molecule has 2 rings (SSSR count). The van der Waals surface area contributed by atoms with Gasteiger partial charge in [0.1, 0.15) is 5.82 Å². The van der Waals surface area contributed by atoms with E-state index in [0.29, 0.717) is 11.1 Å². The topological polar surface area (TPSA) is 12.0 Å². The lowest BCUT2D eigenvalue weighted by Crippen LogP contribution is -2.21. The molecule has 3 heteroatoms. The fourth-order valence-corrected chi connectivity index (χ4v) is 2.44. The molecule has 0 aromatic heterocycles. The van der Waals surface area contributed by atoms with Gasteiger partial charge in [-0.05, 0) is 41.8 Å². The van der Waals surface area contributed by atoms with E-state index in [2.05, 4.69) is 25.2 Å². The molecule has 1 N–H and O–H groups in total. The zero-order chi connectivity index (χ0) is 14.7. The van der Waals surface area contributed by atoms with Gasteiger partial charge in [0.2, 0.25) is 0 Å². The molecular formula is C17H19ClFN. The van der Waals surface area contributed by atoms with Crippen molar-refractivity contribution in [3.8, 4) is 11.1 Å². The molecule has 0 bridgehead atoms. The lowest BCUT2D eigenvalue weighted by Gasteiger charge is -2.12. The molecule has 0 aliphatic carbocycles. The minimum absolute atomic E-state index is 0.222. The smallest absolute Gasteiger partial charge is 0.123 e. The van der Waals surface area contributed by atoms with Crippen molar-refractivity contribution < 1.29 is 4.39 Å². The van der Waals surface area contributed by atoms with E-state index in [4.69, 9.17) is 11.6 Å². The first kappa shape index (κ1) is 15.0. The van der Waals surface area contributed by atoms with Crippen molar-refractivity contribution in [2.24, 2.45) is 0 Å².